The Bertz CT molecular complexity index is 698. The summed E-state index contributed by atoms with van der Waals surface area (Å²) in [6, 6.07) is 10.3. The van der Waals surface area contributed by atoms with Gasteiger partial charge in [-0.2, -0.15) is 0 Å². The molecule has 2 saturated heterocycles. The van der Waals surface area contributed by atoms with Crippen LogP contribution in [0, 0.1) is 6.92 Å². The van der Waals surface area contributed by atoms with Crippen molar-refractivity contribution in [1.82, 2.24) is 9.88 Å². The number of pyridine rings is 1. The molecule has 2 aromatic rings. The van der Waals surface area contributed by atoms with E-state index in [0.717, 1.165) is 34.4 Å². The number of fused-ring (bicyclic) bond motifs is 3. The van der Waals surface area contributed by atoms with Crippen molar-refractivity contribution in [3.63, 3.8) is 0 Å². The lowest BCUT2D eigenvalue weighted by Crippen LogP contribution is -2.39. The summed E-state index contributed by atoms with van der Waals surface area (Å²) in [6.07, 6.45) is 5.32. The van der Waals surface area contributed by atoms with E-state index in [-0.39, 0.29) is 0 Å². The maximum absolute atomic E-state index is 5.57. The highest BCUT2D eigenvalue weighted by molar-refractivity contribution is 5.86. The van der Waals surface area contributed by atoms with Gasteiger partial charge in [-0.05, 0) is 63.3 Å². The molecule has 3 heterocycles. The minimum absolute atomic E-state index is 0.684. The van der Waals surface area contributed by atoms with Crippen molar-refractivity contribution >= 4 is 10.9 Å². The van der Waals surface area contributed by atoms with Gasteiger partial charge in [0.15, 0.2) is 0 Å². The van der Waals surface area contributed by atoms with Gasteiger partial charge in [-0.1, -0.05) is 6.07 Å². The molecule has 0 N–H and O–H groups in total. The van der Waals surface area contributed by atoms with E-state index in [0.29, 0.717) is 5.92 Å². The SMILES string of the molecule is COc1cc(C)nc2ccc(C3CC4CCC(C3)N4C)cc12. The van der Waals surface area contributed by atoms with Crippen molar-refractivity contribution in [1.29, 1.82) is 0 Å². The second kappa shape index (κ2) is 5.24. The molecule has 2 aliphatic rings. The first-order chi connectivity index (χ1) is 10.7. The smallest absolute Gasteiger partial charge is 0.130 e. The van der Waals surface area contributed by atoms with Crippen molar-refractivity contribution in [2.24, 2.45) is 0 Å². The van der Waals surface area contributed by atoms with Gasteiger partial charge in [0.25, 0.3) is 0 Å². The topological polar surface area (TPSA) is 25.4 Å². The second-order valence-electron chi connectivity index (χ2n) is 6.96. The lowest BCUT2D eigenvalue weighted by atomic mass is 9.85. The number of rotatable bonds is 2. The van der Waals surface area contributed by atoms with Crippen molar-refractivity contribution in [2.75, 3.05) is 14.2 Å². The number of nitrogens with zero attached hydrogens (tertiary/aromatic N) is 2. The Hall–Kier alpha value is -1.61. The second-order valence-corrected chi connectivity index (χ2v) is 6.96. The number of ether oxygens (including phenoxy) is 1. The monoisotopic (exact) mass is 296 g/mol. The Labute approximate surface area is 132 Å². The van der Waals surface area contributed by atoms with Crippen molar-refractivity contribution in [3.05, 3.63) is 35.5 Å². The molecule has 0 amide bonds. The molecule has 2 atom stereocenters. The van der Waals surface area contributed by atoms with E-state index < -0.39 is 0 Å². The number of hydrogen-bond donors (Lipinski definition) is 0. The molecule has 2 unspecified atom stereocenters. The van der Waals surface area contributed by atoms with Crippen molar-refractivity contribution < 1.29 is 4.74 Å². The fourth-order valence-corrected chi connectivity index (χ4v) is 4.44. The predicted molar refractivity (Wildman–Crippen MR) is 89.6 cm³/mol. The maximum atomic E-state index is 5.57. The Kier molecular flexibility index (Phi) is 3.33. The lowest BCUT2D eigenvalue weighted by molar-refractivity contribution is 0.162. The van der Waals surface area contributed by atoms with E-state index in [9.17, 15) is 0 Å². The van der Waals surface area contributed by atoms with E-state index in [2.05, 4.69) is 35.1 Å². The molecule has 1 aromatic carbocycles. The number of piperidine rings is 1. The van der Waals surface area contributed by atoms with Crippen LogP contribution >= 0.6 is 0 Å². The average Bonchev–Trinajstić information content (AvgIpc) is 2.75. The van der Waals surface area contributed by atoms with Gasteiger partial charge in [0.2, 0.25) is 0 Å². The van der Waals surface area contributed by atoms with Gasteiger partial charge < -0.3 is 9.64 Å². The van der Waals surface area contributed by atoms with Crippen LogP contribution in [0.4, 0.5) is 0 Å². The molecule has 3 nitrogen and oxygen atoms in total. The van der Waals surface area contributed by atoms with Gasteiger partial charge in [-0.3, -0.25) is 4.98 Å². The van der Waals surface area contributed by atoms with Gasteiger partial charge in [-0.15, -0.1) is 0 Å². The van der Waals surface area contributed by atoms with Crippen molar-refractivity contribution in [3.8, 4) is 5.75 Å². The predicted octanol–water partition coefficient (Wildman–Crippen LogP) is 3.89. The fraction of sp³-hybridized carbons (Fsp3) is 0.526. The molecule has 2 aliphatic heterocycles. The van der Waals surface area contributed by atoms with Crippen LogP contribution in [0.5, 0.6) is 5.75 Å². The molecule has 22 heavy (non-hydrogen) atoms. The molecule has 2 bridgehead atoms. The minimum Gasteiger partial charge on any atom is -0.496 e. The van der Waals surface area contributed by atoms with Gasteiger partial charge in [0.05, 0.1) is 12.6 Å². The highest BCUT2D eigenvalue weighted by Gasteiger charge is 2.38. The molecular formula is C19H24N2O. The largest absolute Gasteiger partial charge is 0.496 e. The zero-order chi connectivity index (χ0) is 15.3. The van der Waals surface area contributed by atoms with Gasteiger partial charge >= 0.3 is 0 Å². The summed E-state index contributed by atoms with van der Waals surface area (Å²) in [5, 5.41) is 1.15. The van der Waals surface area contributed by atoms with E-state index in [1.54, 1.807) is 7.11 Å². The van der Waals surface area contributed by atoms with Crippen LogP contribution in [0.1, 0.15) is 42.9 Å². The van der Waals surface area contributed by atoms with Crippen LogP contribution in [0.25, 0.3) is 10.9 Å². The maximum Gasteiger partial charge on any atom is 0.130 e. The molecule has 0 saturated carbocycles. The Morgan fingerprint density at radius 3 is 2.55 bits per heavy atom. The minimum atomic E-state index is 0.684. The van der Waals surface area contributed by atoms with Crippen LogP contribution in [0.2, 0.25) is 0 Å². The third kappa shape index (κ3) is 2.19. The van der Waals surface area contributed by atoms with Gasteiger partial charge in [-0.25, -0.2) is 0 Å². The molecule has 0 radical (unpaired) electrons. The molecule has 0 aliphatic carbocycles. The molecule has 3 heteroatoms. The van der Waals surface area contributed by atoms with Crippen LogP contribution in [-0.2, 0) is 0 Å². The fourth-order valence-electron chi connectivity index (χ4n) is 4.44. The summed E-state index contributed by atoms with van der Waals surface area (Å²) in [5.74, 6) is 1.63. The molecule has 0 spiro atoms. The Balaban J connectivity index is 1.72. The van der Waals surface area contributed by atoms with Crippen LogP contribution < -0.4 is 4.74 Å². The molecule has 2 fully saturated rings. The lowest BCUT2D eigenvalue weighted by Gasteiger charge is -2.36. The molecule has 116 valence electrons. The van der Waals surface area contributed by atoms with E-state index >= 15 is 0 Å². The third-order valence-corrected chi connectivity index (χ3v) is 5.71. The summed E-state index contributed by atoms with van der Waals surface area (Å²) in [5.41, 5.74) is 3.51. The Morgan fingerprint density at radius 1 is 1.14 bits per heavy atom. The van der Waals surface area contributed by atoms with Crippen LogP contribution in [0.3, 0.4) is 0 Å². The average molecular weight is 296 g/mol. The third-order valence-electron chi connectivity index (χ3n) is 5.71. The van der Waals surface area contributed by atoms with Gasteiger partial charge in [0, 0.05) is 29.2 Å². The zero-order valence-corrected chi connectivity index (χ0v) is 13.7. The summed E-state index contributed by atoms with van der Waals surface area (Å²) >= 11 is 0. The van der Waals surface area contributed by atoms with E-state index in [4.69, 9.17) is 4.74 Å². The number of hydrogen-bond acceptors (Lipinski definition) is 3. The molecule has 1 aromatic heterocycles. The Morgan fingerprint density at radius 2 is 1.86 bits per heavy atom. The summed E-state index contributed by atoms with van der Waals surface area (Å²) in [6.45, 7) is 2.02. The normalized spacial score (nSPS) is 28.2. The summed E-state index contributed by atoms with van der Waals surface area (Å²) in [4.78, 5) is 7.24. The van der Waals surface area contributed by atoms with Gasteiger partial charge in [0.1, 0.15) is 5.75 Å². The van der Waals surface area contributed by atoms with Crippen LogP contribution in [-0.4, -0.2) is 36.1 Å². The highest BCUT2D eigenvalue weighted by atomic mass is 16.5. The number of benzene rings is 1. The molecule has 4 rings (SSSR count). The molecular weight excluding hydrogens is 272 g/mol. The zero-order valence-electron chi connectivity index (χ0n) is 13.7. The highest BCUT2D eigenvalue weighted by Crippen LogP contribution is 2.43. The van der Waals surface area contributed by atoms with E-state index in [1.807, 2.05) is 13.0 Å². The number of aryl methyl sites for hydroxylation is 1. The van der Waals surface area contributed by atoms with Crippen LogP contribution in [0.15, 0.2) is 24.3 Å². The first-order valence-corrected chi connectivity index (χ1v) is 8.33. The first-order valence-electron chi connectivity index (χ1n) is 8.33. The quantitative estimate of drug-likeness (QED) is 0.840. The first kappa shape index (κ1) is 14.0. The van der Waals surface area contributed by atoms with E-state index in [1.165, 1.54) is 31.2 Å². The number of methoxy groups -OCH3 is 1. The summed E-state index contributed by atoms with van der Waals surface area (Å²) in [7, 11) is 4.05. The van der Waals surface area contributed by atoms with Crippen molar-refractivity contribution in [2.45, 2.75) is 50.6 Å². The number of aromatic nitrogens is 1. The summed E-state index contributed by atoms with van der Waals surface area (Å²) < 4.78 is 5.57. The standard InChI is InChI=1S/C19H24N2O/c1-12-8-19(22-3)17-11-13(4-7-18(17)20-12)14-9-15-5-6-16(10-14)21(15)2/h4,7-8,11,14-16H,5-6,9-10H2,1-3H3.